The van der Waals surface area contributed by atoms with Crippen LogP contribution in [0.5, 0.6) is 17.2 Å². The SMILES string of the molecule is COc1ccc(C(=O)Oc2ccc(O)cc2)cc1Br. The zero-order valence-electron chi connectivity index (χ0n) is 10.1. The Morgan fingerprint density at radius 1 is 1.16 bits per heavy atom. The highest BCUT2D eigenvalue weighted by molar-refractivity contribution is 9.10. The molecule has 2 rings (SSSR count). The quantitative estimate of drug-likeness (QED) is 0.695. The normalized spacial score (nSPS) is 10.0. The highest BCUT2D eigenvalue weighted by Crippen LogP contribution is 2.26. The summed E-state index contributed by atoms with van der Waals surface area (Å²) in [5, 5.41) is 9.14. The fourth-order valence-electron chi connectivity index (χ4n) is 1.47. The lowest BCUT2D eigenvalue weighted by molar-refractivity contribution is 0.0734. The van der Waals surface area contributed by atoms with Crippen molar-refractivity contribution in [2.24, 2.45) is 0 Å². The highest BCUT2D eigenvalue weighted by atomic mass is 79.9. The largest absolute Gasteiger partial charge is 0.508 e. The summed E-state index contributed by atoms with van der Waals surface area (Å²) in [6.07, 6.45) is 0. The number of hydrogen-bond acceptors (Lipinski definition) is 4. The van der Waals surface area contributed by atoms with Gasteiger partial charge in [0.2, 0.25) is 0 Å². The number of carbonyl (C=O) groups excluding carboxylic acids is 1. The summed E-state index contributed by atoms with van der Waals surface area (Å²) in [7, 11) is 1.55. The van der Waals surface area contributed by atoms with Crippen molar-refractivity contribution in [1.29, 1.82) is 0 Å². The minimum atomic E-state index is -0.478. The lowest BCUT2D eigenvalue weighted by Gasteiger charge is -2.07. The predicted octanol–water partition coefficient (Wildman–Crippen LogP) is 3.38. The molecule has 2 aromatic carbocycles. The number of esters is 1. The average Bonchev–Trinajstić information content (AvgIpc) is 2.41. The summed E-state index contributed by atoms with van der Waals surface area (Å²) in [6, 6.07) is 10.9. The molecule has 0 bridgehead atoms. The van der Waals surface area contributed by atoms with E-state index in [2.05, 4.69) is 15.9 Å². The second kappa shape index (κ2) is 5.75. The van der Waals surface area contributed by atoms with E-state index in [1.165, 1.54) is 24.3 Å². The standard InChI is InChI=1S/C14H11BrO4/c1-18-13-7-2-9(8-12(13)15)14(17)19-11-5-3-10(16)4-6-11/h2-8,16H,1H3. The summed E-state index contributed by atoms with van der Waals surface area (Å²) >= 11 is 3.30. The second-order valence-corrected chi connectivity index (χ2v) is 4.59. The molecule has 0 atom stereocenters. The minimum Gasteiger partial charge on any atom is -0.508 e. The van der Waals surface area contributed by atoms with E-state index in [1.54, 1.807) is 25.3 Å². The molecule has 0 amide bonds. The van der Waals surface area contributed by atoms with Gasteiger partial charge in [-0.15, -0.1) is 0 Å². The molecule has 0 saturated heterocycles. The van der Waals surface area contributed by atoms with E-state index in [-0.39, 0.29) is 5.75 Å². The maximum absolute atomic E-state index is 11.9. The average molecular weight is 323 g/mol. The van der Waals surface area contributed by atoms with Crippen LogP contribution in [0.3, 0.4) is 0 Å². The van der Waals surface area contributed by atoms with Gasteiger partial charge in [0.25, 0.3) is 0 Å². The van der Waals surface area contributed by atoms with Gasteiger partial charge in [-0.25, -0.2) is 4.79 Å². The highest BCUT2D eigenvalue weighted by Gasteiger charge is 2.11. The van der Waals surface area contributed by atoms with E-state index in [9.17, 15) is 4.79 Å². The Balaban J connectivity index is 2.16. The van der Waals surface area contributed by atoms with Crippen molar-refractivity contribution in [3.8, 4) is 17.2 Å². The first kappa shape index (κ1) is 13.4. The number of benzene rings is 2. The minimum absolute atomic E-state index is 0.118. The van der Waals surface area contributed by atoms with Crippen molar-refractivity contribution >= 4 is 21.9 Å². The Kier molecular flexibility index (Phi) is 4.06. The van der Waals surface area contributed by atoms with Crippen LogP contribution in [0.1, 0.15) is 10.4 Å². The van der Waals surface area contributed by atoms with Gasteiger partial charge in [0, 0.05) is 0 Å². The second-order valence-electron chi connectivity index (χ2n) is 3.73. The fourth-order valence-corrected chi connectivity index (χ4v) is 2.01. The van der Waals surface area contributed by atoms with Crippen LogP contribution in [0.25, 0.3) is 0 Å². The lowest BCUT2D eigenvalue weighted by atomic mass is 10.2. The van der Waals surface area contributed by atoms with Gasteiger partial charge in [-0.05, 0) is 58.4 Å². The molecule has 0 aliphatic carbocycles. The zero-order chi connectivity index (χ0) is 13.8. The molecule has 0 fully saturated rings. The molecular weight excluding hydrogens is 312 g/mol. The van der Waals surface area contributed by atoms with Crippen LogP contribution in [0, 0.1) is 0 Å². The van der Waals surface area contributed by atoms with Crippen molar-refractivity contribution in [3.63, 3.8) is 0 Å². The van der Waals surface area contributed by atoms with E-state index in [4.69, 9.17) is 14.6 Å². The topological polar surface area (TPSA) is 55.8 Å². The molecule has 19 heavy (non-hydrogen) atoms. The van der Waals surface area contributed by atoms with Gasteiger partial charge >= 0.3 is 5.97 Å². The predicted molar refractivity (Wildman–Crippen MR) is 73.8 cm³/mol. The molecule has 0 radical (unpaired) electrons. The summed E-state index contributed by atoms with van der Waals surface area (Å²) in [5.74, 6) is 0.650. The summed E-state index contributed by atoms with van der Waals surface area (Å²) in [5.41, 5.74) is 0.403. The molecule has 2 aromatic rings. The molecule has 0 aromatic heterocycles. The van der Waals surface area contributed by atoms with Crippen molar-refractivity contribution in [3.05, 3.63) is 52.5 Å². The molecular formula is C14H11BrO4. The number of hydrogen-bond donors (Lipinski definition) is 1. The van der Waals surface area contributed by atoms with Crippen LogP contribution < -0.4 is 9.47 Å². The van der Waals surface area contributed by atoms with Crippen molar-refractivity contribution < 1.29 is 19.4 Å². The molecule has 0 saturated carbocycles. The van der Waals surface area contributed by atoms with E-state index >= 15 is 0 Å². The first-order valence-electron chi connectivity index (χ1n) is 5.45. The van der Waals surface area contributed by atoms with Crippen molar-refractivity contribution in [1.82, 2.24) is 0 Å². The lowest BCUT2D eigenvalue weighted by Crippen LogP contribution is -2.08. The number of phenolic OH excluding ortho intramolecular Hbond substituents is 1. The summed E-state index contributed by atoms with van der Waals surface area (Å²) in [4.78, 5) is 11.9. The number of rotatable bonds is 3. The molecule has 5 heteroatoms. The number of halogens is 1. The molecule has 4 nitrogen and oxygen atoms in total. The Bertz CT molecular complexity index is 593. The molecule has 0 aliphatic heterocycles. The third kappa shape index (κ3) is 3.26. The Morgan fingerprint density at radius 2 is 1.84 bits per heavy atom. The van der Waals surface area contributed by atoms with Gasteiger partial charge in [-0.3, -0.25) is 0 Å². The third-order valence-electron chi connectivity index (χ3n) is 2.43. The van der Waals surface area contributed by atoms with Gasteiger partial charge in [-0.1, -0.05) is 0 Å². The van der Waals surface area contributed by atoms with Crippen molar-refractivity contribution in [2.45, 2.75) is 0 Å². The number of carbonyl (C=O) groups is 1. The van der Waals surface area contributed by atoms with E-state index in [1.807, 2.05) is 0 Å². The molecule has 0 spiro atoms. The van der Waals surface area contributed by atoms with Crippen LogP contribution in [0.2, 0.25) is 0 Å². The number of aromatic hydroxyl groups is 1. The van der Waals surface area contributed by atoms with E-state index in [0.29, 0.717) is 21.5 Å². The Morgan fingerprint density at radius 3 is 2.42 bits per heavy atom. The molecule has 0 unspecified atom stereocenters. The van der Waals surface area contributed by atoms with Gasteiger partial charge < -0.3 is 14.6 Å². The van der Waals surface area contributed by atoms with Gasteiger partial charge in [0.05, 0.1) is 17.1 Å². The van der Waals surface area contributed by atoms with E-state index in [0.717, 1.165) is 0 Å². The first-order chi connectivity index (χ1) is 9.10. The third-order valence-corrected chi connectivity index (χ3v) is 3.05. The maximum atomic E-state index is 11.9. The first-order valence-corrected chi connectivity index (χ1v) is 6.24. The van der Waals surface area contributed by atoms with Crippen LogP contribution in [-0.2, 0) is 0 Å². The van der Waals surface area contributed by atoms with Crippen LogP contribution >= 0.6 is 15.9 Å². The van der Waals surface area contributed by atoms with Crippen molar-refractivity contribution in [2.75, 3.05) is 7.11 Å². The summed E-state index contributed by atoms with van der Waals surface area (Å²) < 4.78 is 10.9. The van der Waals surface area contributed by atoms with Crippen LogP contribution in [0.4, 0.5) is 0 Å². The number of ether oxygens (including phenoxy) is 2. The Labute approximate surface area is 118 Å². The van der Waals surface area contributed by atoms with Gasteiger partial charge in [0.1, 0.15) is 17.2 Å². The zero-order valence-corrected chi connectivity index (χ0v) is 11.7. The maximum Gasteiger partial charge on any atom is 0.343 e. The van der Waals surface area contributed by atoms with Gasteiger partial charge in [0.15, 0.2) is 0 Å². The number of methoxy groups -OCH3 is 1. The monoisotopic (exact) mass is 322 g/mol. The van der Waals surface area contributed by atoms with E-state index < -0.39 is 5.97 Å². The summed E-state index contributed by atoms with van der Waals surface area (Å²) in [6.45, 7) is 0. The van der Waals surface area contributed by atoms with Crippen LogP contribution in [-0.4, -0.2) is 18.2 Å². The van der Waals surface area contributed by atoms with Crippen LogP contribution in [0.15, 0.2) is 46.9 Å². The molecule has 0 aliphatic rings. The van der Waals surface area contributed by atoms with Gasteiger partial charge in [-0.2, -0.15) is 0 Å². The molecule has 98 valence electrons. The number of phenols is 1. The fraction of sp³-hybridized carbons (Fsp3) is 0.0714. The Hall–Kier alpha value is -2.01. The molecule has 1 N–H and O–H groups in total. The smallest absolute Gasteiger partial charge is 0.343 e. The molecule has 0 heterocycles.